The number of rotatable bonds is 5. The first-order valence-electron chi connectivity index (χ1n) is 3.09. The highest BCUT2D eigenvalue weighted by Gasteiger charge is 2.10. The molecule has 0 aliphatic rings. The maximum absolute atomic E-state index is 10.6. The van der Waals surface area contributed by atoms with Crippen LogP contribution in [0.2, 0.25) is 6.55 Å². The second-order valence-corrected chi connectivity index (χ2v) is 6.22. The molecule has 0 amide bonds. The van der Waals surface area contributed by atoms with Crippen molar-refractivity contribution in [3.8, 4) is 0 Å². The van der Waals surface area contributed by atoms with Gasteiger partial charge in [-0.25, -0.2) is 0 Å². The lowest BCUT2D eigenvalue weighted by molar-refractivity contribution is 0.273. The second kappa shape index (κ2) is 4.65. The molecule has 0 aliphatic carbocycles. The largest absolute Gasteiger partial charge is 0.399 e. The van der Waals surface area contributed by atoms with Crippen molar-refractivity contribution in [3.05, 3.63) is 12.3 Å². The fourth-order valence-corrected chi connectivity index (χ4v) is 2.06. The van der Waals surface area contributed by atoms with Gasteiger partial charge in [0.25, 0.3) is 0 Å². The predicted molar refractivity (Wildman–Crippen MR) is 45.1 cm³/mol. The van der Waals surface area contributed by atoms with Crippen molar-refractivity contribution in [2.75, 3.05) is 13.3 Å². The van der Waals surface area contributed by atoms with Crippen molar-refractivity contribution in [2.45, 2.75) is 6.55 Å². The van der Waals surface area contributed by atoms with Crippen LogP contribution in [0.1, 0.15) is 0 Å². The van der Waals surface area contributed by atoms with Gasteiger partial charge in [0.15, 0.2) is 0 Å². The molecule has 0 saturated carbocycles. The van der Waals surface area contributed by atoms with Crippen LogP contribution in [-0.4, -0.2) is 30.6 Å². The van der Waals surface area contributed by atoms with E-state index in [0.29, 0.717) is 0 Å². The minimum absolute atomic E-state index is 0.208. The summed E-state index contributed by atoms with van der Waals surface area (Å²) in [5.41, 5.74) is 1.74. The zero-order chi connectivity index (χ0) is 8.91. The summed E-state index contributed by atoms with van der Waals surface area (Å²) in [5.74, 6) is 0. The van der Waals surface area contributed by atoms with Crippen LogP contribution in [0.25, 0.3) is 0 Å². The molecule has 6 heteroatoms. The van der Waals surface area contributed by atoms with Gasteiger partial charge in [-0.15, -0.1) is 12.3 Å². The van der Waals surface area contributed by atoms with Crippen LogP contribution in [0.3, 0.4) is 0 Å². The Morgan fingerprint density at radius 1 is 1.64 bits per heavy atom. The van der Waals surface area contributed by atoms with Crippen molar-refractivity contribution < 1.29 is 16.8 Å². The molecule has 0 radical (unpaired) electrons. The van der Waals surface area contributed by atoms with Gasteiger partial charge in [-0.3, -0.25) is 8.37 Å². The lowest BCUT2D eigenvalue weighted by atomic mass is 11.3. The molecule has 0 saturated heterocycles. The average molecular weight is 196 g/mol. The van der Waals surface area contributed by atoms with Gasteiger partial charge in [0.05, 0.1) is 22.1 Å². The van der Waals surface area contributed by atoms with Crippen LogP contribution < -0.4 is 0 Å². The summed E-state index contributed by atoms with van der Waals surface area (Å²) < 4.78 is 29.7. The van der Waals surface area contributed by atoms with Gasteiger partial charge in [-0.05, 0) is 0 Å². The fraction of sp³-hybridized carbons (Fsp3) is 0.600. The first kappa shape index (κ1) is 10.8. The molecule has 0 aromatic rings. The Morgan fingerprint density at radius 2 is 2.18 bits per heavy atom. The van der Waals surface area contributed by atoms with E-state index in [1.54, 1.807) is 5.70 Å². The Labute approximate surface area is 68.8 Å². The fourth-order valence-electron chi connectivity index (χ4n) is 0.307. The molecule has 0 bridgehead atoms. The molecular formula is C5H12O4SSi. The minimum atomic E-state index is -3.74. The summed E-state index contributed by atoms with van der Waals surface area (Å²) in [6.07, 6.45) is 0.208. The summed E-state index contributed by atoms with van der Waals surface area (Å²) in [4.78, 5) is 0. The summed E-state index contributed by atoms with van der Waals surface area (Å²) in [6.45, 7) is 5.46. The molecule has 0 aliphatic heterocycles. The minimum Gasteiger partial charge on any atom is -0.252 e. The molecule has 0 heterocycles. The summed E-state index contributed by atoms with van der Waals surface area (Å²) in [5, 5.41) is 0. The molecule has 4 nitrogen and oxygen atoms in total. The third-order valence-corrected chi connectivity index (χ3v) is 3.65. The van der Waals surface area contributed by atoms with Crippen molar-refractivity contribution >= 4 is 19.2 Å². The summed E-state index contributed by atoms with van der Waals surface area (Å²) in [7, 11) is -3.89. The maximum Gasteiger partial charge on any atom is 0.399 e. The standard InChI is InChI=1S/C5H12O4SSi/c1-4-11(3)5-9-10(6,7)8-2/h4,11H,1,5H2,2-3H3. The van der Waals surface area contributed by atoms with Crippen LogP contribution in [0, 0.1) is 0 Å². The molecule has 0 rings (SSSR count). The molecule has 11 heavy (non-hydrogen) atoms. The molecule has 0 fully saturated rings. The Balaban J connectivity index is 3.80. The van der Waals surface area contributed by atoms with E-state index in [0.717, 1.165) is 7.11 Å². The van der Waals surface area contributed by atoms with Crippen LogP contribution in [-0.2, 0) is 18.8 Å². The van der Waals surface area contributed by atoms with E-state index in [1.807, 2.05) is 6.55 Å². The Morgan fingerprint density at radius 3 is 2.55 bits per heavy atom. The predicted octanol–water partition coefficient (Wildman–Crippen LogP) is 0.0155. The molecular weight excluding hydrogens is 184 g/mol. The highest BCUT2D eigenvalue weighted by molar-refractivity contribution is 7.81. The summed E-state index contributed by atoms with van der Waals surface area (Å²) >= 11 is 0. The van der Waals surface area contributed by atoms with Crippen molar-refractivity contribution in [1.29, 1.82) is 0 Å². The summed E-state index contributed by atoms with van der Waals surface area (Å²) in [6, 6.07) is 0. The van der Waals surface area contributed by atoms with Gasteiger partial charge in [0.1, 0.15) is 0 Å². The van der Waals surface area contributed by atoms with Gasteiger partial charge in [0, 0.05) is 0 Å². The molecule has 0 N–H and O–H groups in total. The average Bonchev–Trinajstić information content (AvgIpc) is 2.00. The molecule has 0 aromatic carbocycles. The van der Waals surface area contributed by atoms with E-state index < -0.39 is 19.2 Å². The van der Waals surface area contributed by atoms with Crippen molar-refractivity contribution in [1.82, 2.24) is 0 Å². The van der Waals surface area contributed by atoms with Gasteiger partial charge in [-0.1, -0.05) is 6.55 Å². The van der Waals surface area contributed by atoms with Crippen LogP contribution in [0.15, 0.2) is 12.3 Å². The van der Waals surface area contributed by atoms with Gasteiger partial charge in [-0.2, -0.15) is 8.42 Å². The van der Waals surface area contributed by atoms with E-state index in [1.165, 1.54) is 0 Å². The first-order valence-corrected chi connectivity index (χ1v) is 7.06. The highest BCUT2D eigenvalue weighted by Crippen LogP contribution is 1.94. The van der Waals surface area contributed by atoms with E-state index in [-0.39, 0.29) is 6.23 Å². The van der Waals surface area contributed by atoms with Crippen LogP contribution in [0.5, 0.6) is 0 Å². The van der Waals surface area contributed by atoms with E-state index in [4.69, 9.17) is 0 Å². The maximum atomic E-state index is 10.6. The zero-order valence-corrected chi connectivity index (χ0v) is 8.58. The topological polar surface area (TPSA) is 52.6 Å². The highest BCUT2D eigenvalue weighted by atomic mass is 32.3. The van der Waals surface area contributed by atoms with Gasteiger partial charge >= 0.3 is 10.4 Å². The number of hydrogen-bond donors (Lipinski definition) is 0. The molecule has 1 unspecified atom stereocenters. The van der Waals surface area contributed by atoms with Gasteiger partial charge < -0.3 is 0 Å². The normalized spacial score (nSPS) is 14.4. The number of hydrogen-bond acceptors (Lipinski definition) is 4. The van der Waals surface area contributed by atoms with Crippen molar-refractivity contribution in [3.63, 3.8) is 0 Å². The third-order valence-electron chi connectivity index (χ3n) is 1.08. The first-order chi connectivity index (χ1) is 5.02. The Hall–Kier alpha value is -0.173. The molecule has 66 valence electrons. The molecule has 0 spiro atoms. The smallest absolute Gasteiger partial charge is 0.252 e. The lowest BCUT2D eigenvalue weighted by Crippen LogP contribution is -2.18. The van der Waals surface area contributed by atoms with Crippen LogP contribution >= 0.6 is 0 Å². The van der Waals surface area contributed by atoms with Gasteiger partial charge in [0.2, 0.25) is 0 Å². The Kier molecular flexibility index (Phi) is 4.58. The molecule has 1 atom stereocenters. The van der Waals surface area contributed by atoms with E-state index >= 15 is 0 Å². The zero-order valence-electron chi connectivity index (χ0n) is 6.61. The monoisotopic (exact) mass is 196 g/mol. The van der Waals surface area contributed by atoms with E-state index in [9.17, 15) is 8.42 Å². The Bertz CT molecular complexity index is 211. The third kappa shape index (κ3) is 5.14. The quantitative estimate of drug-likeness (QED) is 0.581. The van der Waals surface area contributed by atoms with Crippen molar-refractivity contribution in [2.24, 2.45) is 0 Å². The van der Waals surface area contributed by atoms with E-state index in [2.05, 4.69) is 14.9 Å². The lowest BCUT2D eigenvalue weighted by Gasteiger charge is -2.03. The second-order valence-electron chi connectivity index (χ2n) is 2.07. The SMILES string of the molecule is C=C[SiH](C)COS(=O)(=O)OC. The van der Waals surface area contributed by atoms with Crippen LogP contribution in [0.4, 0.5) is 0 Å². The molecule has 0 aromatic heterocycles.